The van der Waals surface area contributed by atoms with E-state index in [0.29, 0.717) is 34.3 Å². The van der Waals surface area contributed by atoms with Gasteiger partial charge in [0.15, 0.2) is 0 Å². The SMILES string of the molecule is C[C@H]1C(=O)N(c2ccc3c(cnn3-c3ccc(F)cc3)c2)C(c2ccccc2Cl)[C@H]1NC(=O)C(C)(F)F. The Balaban J connectivity index is 1.59. The third kappa shape index (κ3) is 4.44. The highest BCUT2D eigenvalue weighted by Crippen LogP contribution is 2.43. The van der Waals surface area contributed by atoms with E-state index in [1.54, 1.807) is 72.4 Å². The molecule has 1 aliphatic heterocycles. The van der Waals surface area contributed by atoms with Crippen molar-refractivity contribution in [2.45, 2.75) is 31.9 Å². The van der Waals surface area contributed by atoms with Gasteiger partial charge in [0.25, 0.3) is 5.91 Å². The van der Waals surface area contributed by atoms with Gasteiger partial charge < -0.3 is 10.2 Å². The van der Waals surface area contributed by atoms with Gasteiger partial charge in [0, 0.05) is 23.0 Å². The number of aromatic nitrogens is 2. The summed E-state index contributed by atoms with van der Waals surface area (Å²) in [6, 6.07) is 16.2. The summed E-state index contributed by atoms with van der Waals surface area (Å²) in [7, 11) is 0. The minimum absolute atomic E-state index is 0.340. The largest absolute Gasteiger partial charge is 0.345 e. The van der Waals surface area contributed by atoms with Crippen molar-refractivity contribution in [3.05, 3.63) is 89.3 Å². The zero-order valence-corrected chi connectivity index (χ0v) is 20.6. The molecular formula is C27H22ClF3N4O2. The first kappa shape index (κ1) is 24.8. The Kier molecular flexibility index (Phi) is 6.19. The molecule has 37 heavy (non-hydrogen) atoms. The number of hydrogen-bond acceptors (Lipinski definition) is 3. The molecule has 2 heterocycles. The van der Waals surface area contributed by atoms with E-state index in [4.69, 9.17) is 11.6 Å². The molecule has 3 atom stereocenters. The summed E-state index contributed by atoms with van der Waals surface area (Å²) >= 11 is 6.48. The van der Waals surface area contributed by atoms with Gasteiger partial charge in [0.1, 0.15) is 5.82 Å². The van der Waals surface area contributed by atoms with E-state index < -0.39 is 29.8 Å². The number of anilines is 1. The standard InChI is InChI=1S/C27H22ClF3N4O2/c1-15-23(33-26(37)27(2,30)31)24(20-5-3-4-6-21(20)28)34(25(15)36)19-11-12-22-16(13-19)14-32-35(22)18-9-7-17(29)8-10-18/h3-15,23-24H,1-2H3,(H,33,37)/t15-,23+,24?/m1/s1. The average Bonchev–Trinajstić information content (AvgIpc) is 3.38. The van der Waals surface area contributed by atoms with Gasteiger partial charge in [0.2, 0.25) is 5.91 Å². The summed E-state index contributed by atoms with van der Waals surface area (Å²) in [5.41, 5.74) is 2.40. The highest BCUT2D eigenvalue weighted by Gasteiger charge is 2.50. The Morgan fingerprint density at radius 2 is 1.73 bits per heavy atom. The van der Waals surface area contributed by atoms with Gasteiger partial charge in [-0.05, 0) is 54.1 Å². The number of fused-ring (bicyclic) bond motifs is 1. The van der Waals surface area contributed by atoms with Gasteiger partial charge in [-0.15, -0.1) is 0 Å². The van der Waals surface area contributed by atoms with Gasteiger partial charge >= 0.3 is 5.92 Å². The molecular weight excluding hydrogens is 505 g/mol. The second-order valence-corrected chi connectivity index (χ2v) is 9.53. The zero-order chi connectivity index (χ0) is 26.5. The Morgan fingerprint density at radius 1 is 1.05 bits per heavy atom. The Morgan fingerprint density at radius 3 is 2.41 bits per heavy atom. The molecule has 2 amide bonds. The Labute approximate surface area is 215 Å². The van der Waals surface area contributed by atoms with Crippen molar-refractivity contribution in [2.75, 3.05) is 4.90 Å². The van der Waals surface area contributed by atoms with Crippen molar-refractivity contribution in [1.82, 2.24) is 15.1 Å². The molecule has 1 fully saturated rings. The van der Waals surface area contributed by atoms with Crippen LogP contribution in [-0.2, 0) is 9.59 Å². The van der Waals surface area contributed by atoms with E-state index in [0.717, 1.165) is 5.52 Å². The number of nitrogens with one attached hydrogen (secondary N) is 1. The summed E-state index contributed by atoms with van der Waals surface area (Å²) in [6.45, 7) is 2.11. The van der Waals surface area contributed by atoms with Crippen molar-refractivity contribution < 1.29 is 22.8 Å². The quantitative estimate of drug-likeness (QED) is 0.364. The summed E-state index contributed by atoms with van der Waals surface area (Å²) in [4.78, 5) is 27.3. The van der Waals surface area contributed by atoms with Crippen LogP contribution in [0.1, 0.15) is 25.5 Å². The van der Waals surface area contributed by atoms with Crippen LogP contribution >= 0.6 is 11.6 Å². The third-order valence-electron chi connectivity index (χ3n) is 6.61. The summed E-state index contributed by atoms with van der Waals surface area (Å²) in [5, 5.41) is 7.83. The number of nitrogens with zero attached hydrogens (tertiary/aromatic N) is 3. The minimum atomic E-state index is -3.62. The first-order chi connectivity index (χ1) is 17.6. The summed E-state index contributed by atoms with van der Waals surface area (Å²) < 4.78 is 42.6. The zero-order valence-electron chi connectivity index (χ0n) is 19.8. The maximum absolute atomic E-state index is 13.8. The fourth-order valence-corrected chi connectivity index (χ4v) is 4.97. The number of carbonyl (C=O) groups is 2. The van der Waals surface area contributed by atoms with Crippen LogP contribution in [0.3, 0.4) is 0 Å². The molecule has 4 aromatic rings. The second kappa shape index (κ2) is 9.23. The van der Waals surface area contributed by atoms with Crippen molar-refractivity contribution >= 4 is 40.0 Å². The summed E-state index contributed by atoms with van der Waals surface area (Å²) in [5.74, 6) is -6.59. The predicted molar refractivity (Wildman–Crippen MR) is 134 cm³/mol. The highest BCUT2D eigenvalue weighted by molar-refractivity contribution is 6.31. The van der Waals surface area contributed by atoms with Gasteiger partial charge in [0.05, 0.1) is 35.4 Å². The van der Waals surface area contributed by atoms with Gasteiger partial charge in [-0.25, -0.2) is 9.07 Å². The molecule has 190 valence electrons. The summed E-state index contributed by atoms with van der Waals surface area (Å²) in [6.07, 6.45) is 1.62. The molecule has 1 saturated heterocycles. The topological polar surface area (TPSA) is 67.2 Å². The Bertz CT molecular complexity index is 1500. The predicted octanol–water partition coefficient (Wildman–Crippen LogP) is 5.68. The average molecular weight is 527 g/mol. The van der Waals surface area contributed by atoms with Gasteiger partial charge in [-0.2, -0.15) is 13.9 Å². The number of halogens is 4. The number of hydrogen-bond donors (Lipinski definition) is 1. The van der Waals surface area contributed by atoms with Crippen LogP contribution in [0.5, 0.6) is 0 Å². The van der Waals surface area contributed by atoms with Crippen molar-refractivity contribution in [1.29, 1.82) is 0 Å². The van der Waals surface area contributed by atoms with E-state index in [1.807, 2.05) is 0 Å². The maximum atomic E-state index is 13.8. The molecule has 0 aliphatic carbocycles. The monoisotopic (exact) mass is 526 g/mol. The molecule has 6 nitrogen and oxygen atoms in total. The lowest BCUT2D eigenvalue weighted by atomic mass is 9.94. The highest BCUT2D eigenvalue weighted by atomic mass is 35.5. The van der Waals surface area contributed by atoms with Crippen LogP contribution in [0.4, 0.5) is 18.9 Å². The van der Waals surface area contributed by atoms with Crippen LogP contribution in [-0.4, -0.2) is 33.6 Å². The molecule has 3 aromatic carbocycles. The van der Waals surface area contributed by atoms with E-state index in [2.05, 4.69) is 10.4 Å². The lowest BCUT2D eigenvalue weighted by molar-refractivity contribution is -0.144. The van der Waals surface area contributed by atoms with Crippen molar-refractivity contribution in [3.8, 4) is 5.69 Å². The van der Waals surface area contributed by atoms with Crippen LogP contribution in [0.2, 0.25) is 5.02 Å². The second-order valence-electron chi connectivity index (χ2n) is 9.13. The van der Waals surface area contributed by atoms with Crippen LogP contribution < -0.4 is 10.2 Å². The number of carbonyl (C=O) groups excluding carboxylic acids is 2. The maximum Gasteiger partial charge on any atom is 0.321 e. The number of benzene rings is 3. The van der Waals surface area contributed by atoms with Gasteiger partial charge in [-0.3, -0.25) is 9.59 Å². The number of alkyl halides is 2. The van der Waals surface area contributed by atoms with Crippen LogP contribution in [0.15, 0.2) is 72.9 Å². The first-order valence-electron chi connectivity index (χ1n) is 11.6. The van der Waals surface area contributed by atoms with E-state index in [9.17, 15) is 22.8 Å². The van der Waals surface area contributed by atoms with Gasteiger partial charge in [-0.1, -0.05) is 36.7 Å². The normalized spacial score (nSPS) is 20.0. The van der Waals surface area contributed by atoms with Crippen LogP contribution in [0, 0.1) is 11.7 Å². The molecule has 1 N–H and O–H groups in total. The molecule has 0 saturated carbocycles. The van der Waals surface area contributed by atoms with E-state index in [1.165, 1.54) is 17.0 Å². The minimum Gasteiger partial charge on any atom is -0.345 e. The van der Waals surface area contributed by atoms with E-state index >= 15 is 0 Å². The van der Waals surface area contributed by atoms with Crippen molar-refractivity contribution in [2.24, 2.45) is 5.92 Å². The lowest BCUT2D eigenvalue weighted by Gasteiger charge is -2.30. The fraction of sp³-hybridized carbons (Fsp3) is 0.222. The van der Waals surface area contributed by atoms with Crippen LogP contribution in [0.25, 0.3) is 16.6 Å². The first-order valence-corrected chi connectivity index (χ1v) is 11.9. The molecule has 0 radical (unpaired) electrons. The smallest absolute Gasteiger partial charge is 0.321 e. The molecule has 5 rings (SSSR count). The molecule has 0 spiro atoms. The Hall–Kier alpha value is -3.85. The van der Waals surface area contributed by atoms with E-state index in [-0.39, 0.29) is 11.7 Å². The number of amides is 2. The third-order valence-corrected chi connectivity index (χ3v) is 6.95. The lowest BCUT2D eigenvalue weighted by Crippen LogP contribution is -2.48. The van der Waals surface area contributed by atoms with Crippen molar-refractivity contribution in [3.63, 3.8) is 0 Å². The molecule has 10 heteroatoms. The number of rotatable bonds is 5. The molecule has 1 unspecified atom stereocenters. The fourth-order valence-electron chi connectivity index (χ4n) is 4.72. The molecule has 0 bridgehead atoms. The molecule has 1 aromatic heterocycles. The molecule has 1 aliphatic rings.